The lowest BCUT2D eigenvalue weighted by Gasteiger charge is -2.29. The van der Waals surface area contributed by atoms with Gasteiger partial charge in [0, 0.05) is 23.0 Å². The van der Waals surface area contributed by atoms with Crippen LogP contribution in [0.2, 0.25) is 5.02 Å². The number of aliphatic hydroxyl groups excluding tert-OH is 1. The zero-order chi connectivity index (χ0) is 18.1. The number of benzene rings is 1. The number of nitrogens with one attached hydrogen (secondary N) is 1. The van der Waals surface area contributed by atoms with Gasteiger partial charge in [0.25, 0.3) is 0 Å². The summed E-state index contributed by atoms with van der Waals surface area (Å²) in [5.41, 5.74) is 0.826. The van der Waals surface area contributed by atoms with Gasteiger partial charge in [-0.25, -0.2) is 4.98 Å². The molecule has 6 nitrogen and oxygen atoms in total. The molecule has 3 N–H and O–H groups in total. The van der Waals surface area contributed by atoms with Crippen molar-refractivity contribution in [1.29, 1.82) is 0 Å². The van der Waals surface area contributed by atoms with E-state index >= 15 is 0 Å². The molecule has 1 aliphatic carbocycles. The van der Waals surface area contributed by atoms with Gasteiger partial charge >= 0.3 is 0 Å². The smallest absolute Gasteiger partial charge is 0.156 e. The number of fused-ring (bicyclic) bond motifs is 1. The van der Waals surface area contributed by atoms with E-state index in [1.165, 1.54) is 12.3 Å². The van der Waals surface area contributed by atoms with E-state index in [4.69, 9.17) is 11.6 Å². The normalized spacial score (nSPS) is 20.2. The standard InChI is InChI=1S/C19H19ClN4O2/c20-11-9-16(26)18(21-10-11)17-12-5-1-2-6-13(12)19(24-23-17)22-14-7-3-4-8-15(14)25/h1-2,5-6,9-10,14-15,25-26H,3-4,7-8H2,(H,22,24). The lowest BCUT2D eigenvalue weighted by molar-refractivity contribution is 0.116. The quantitative estimate of drug-likeness (QED) is 0.650. The van der Waals surface area contributed by atoms with Crippen molar-refractivity contribution in [3.05, 3.63) is 41.6 Å². The number of nitrogens with zero attached hydrogens (tertiary/aromatic N) is 3. The van der Waals surface area contributed by atoms with Crippen LogP contribution in [-0.2, 0) is 0 Å². The summed E-state index contributed by atoms with van der Waals surface area (Å²) in [6, 6.07) is 9.08. The van der Waals surface area contributed by atoms with Crippen LogP contribution in [-0.4, -0.2) is 37.5 Å². The average Bonchev–Trinajstić information content (AvgIpc) is 2.64. The molecule has 3 aromatic rings. The number of aromatic hydroxyl groups is 1. The number of rotatable bonds is 3. The first-order chi connectivity index (χ1) is 12.6. The zero-order valence-electron chi connectivity index (χ0n) is 14.1. The minimum absolute atomic E-state index is 0.0330. The summed E-state index contributed by atoms with van der Waals surface area (Å²) in [4.78, 5) is 4.21. The van der Waals surface area contributed by atoms with Crippen LogP contribution in [0.15, 0.2) is 36.5 Å². The van der Waals surface area contributed by atoms with Gasteiger partial charge in [-0.1, -0.05) is 48.7 Å². The van der Waals surface area contributed by atoms with Crippen molar-refractivity contribution in [3.63, 3.8) is 0 Å². The van der Waals surface area contributed by atoms with Crippen LogP contribution in [0.4, 0.5) is 5.82 Å². The summed E-state index contributed by atoms with van der Waals surface area (Å²) >= 11 is 5.88. The topological polar surface area (TPSA) is 91.2 Å². The van der Waals surface area contributed by atoms with Gasteiger partial charge in [0.2, 0.25) is 0 Å². The SMILES string of the molecule is Oc1cc(Cl)cnc1-c1nnc(NC2CCCCC2O)c2ccccc12. The molecule has 0 saturated heterocycles. The maximum absolute atomic E-state index is 10.2. The summed E-state index contributed by atoms with van der Waals surface area (Å²) in [5, 5.41) is 34.4. The van der Waals surface area contributed by atoms with E-state index in [9.17, 15) is 10.2 Å². The largest absolute Gasteiger partial charge is 0.506 e. The number of halogens is 1. The number of hydrogen-bond donors (Lipinski definition) is 3. The Kier molecular flexibility index (Phi) is 4.61. The van der Waals surface area contributed by atoms with Gasteiger partial charge in [-0.2, -0.15) is 0 Å². The zero-order valence-corrected chi connectivity index (χ0v) is 14.8. The molecule has 0 amide bonds. The fourth-order valence-corrected chi connectivity index (χ4v) is 3.60. The molecule has 1 saturated carbocycles. The van der Waals surface area contributed by atoms with Crippen molar-refractivity contribution in [3.8, 4) is 17.1 Å². The number of hydrogen-bond acceptors (Lipinski definition) is 6. The van der Waals surface area contributed by atoms with Gasteiger partial charge in [-0.05, 0) is 12.8 Å². The summed E-state index contributed by atoms with van der Waals surface area (Å²) in [6.07, 6.45) is 4.91. The molecule has 2 unspecified atom stereocenters. The van der Waals surface area contributed by atoms with Crippen molar-refractivity contribution in [1.82, 2.24) is 15.2 Å². The van der Waals surface area contributed by atoms with Crippen LogP contribution in [0.5, 0.6) is 5.75 Å². The first kappa shape index (κ1) is 17.0. The van der Waals surface area contributed by atoms with Crippen LogP contribution < -0.4 is 5.32 Å². The molecule has 2 aromatic heterocycles. The Bertz CT molecular complexity index is 950. The van der Waals surface area contributed by atoms with Crippen molar-refractivity contribution in [2.45, 2.75) is 37.8 Å². The molecular formula is C19H19ClN4O2. The summed E-state index contributed by atoms with van der Waals surface area (Å²) < 4.78 is 0. The van der Waals surface area contributed by atoms with Crippen molar-refractivity contribution in [2.24, 2.45) is 0 Å². The molecule has 0 bridgehead atoms. The molecule has 1 aliphatic rings. The second-order valence-corrected chi connectivity index (χ2v) is 7.00. The maximum Gasteiger partial charge on any atom is 0.156 e. The monoisotopic (exact) mass is 370 g/mol. The Morgan fingerprint density at radius 2 is 1.81 bits per heavy atom. The van der Waals surface area contributed by atoms with E-state index in [0.717, 1.165) is 36.5 Å². The number of anilines is 1. The highest BCUT2D eigenvalue weighted by atomic mass is 35.5. The molecule has 1 aromatic carbocycles. The fourth-order valence-electron chi connectivity index (χ4n) is 3.45. The Balaban J connectivity index is 1.78. The molecule has 0 spiro atoms. The van der Waals surface area contributed by atoms with E-state index < -0.39 is 0 Å². The van der Waals surface area contributed by atoms with Crippen LogP contribution in [0.25, 0.3) is 22.2 Å². The third-order valence-corrected chi connectivity index (χ3v) is 5.00. The third-order valence-electron chi connectivity index (χ3n) is 4.80. The van der Waals surface area contributed by atoms with Crippen molar-refractivity contribution >= 4 is 28.2 Å². The molecule has 0 radical (unpaired) electrons. The fraction of sp³-hybridized carbons (Fsp3) is 0.316. The van der Waals surface area contributed by atoms with E-state index in [2.05, 4.69) is 20.5 Å². The first-order valence-corrected chi connectivity index (χ1v) is 9.06. The van der Waals surface area contributed by atoms with Crippen LogP contribution in [0.1, 0.15) is 25.7 Å². The highest BCUT2D eigenvalue weighted by Gasteiger charge is 2.24. The predicted molar refractivity (Wildman–Crippen MR) is 101 cm³/mol. The van der Waals surface area contributed by atoms with E-state index in [1.807, 2.05) is 24.3 Å². The second-order valence-electron chi connectivity index (χ2n) is 6.57. The second kappa shape index (κ2) is 7.05. The van der Waals surface area contributed by atoms with Crippen LogP contribution in [0.3, 0.4) is 0 Å². The Morgan fingerprint density at radius 3 is 2.58 bits per heavy atom. The minimum Gasteiger partial charge on any atom is -0.506 e. The molecule has 1 fully saturated rings. The lowest BCUT2D eigenvalue weighted by Crippen LogP contribution is -2.36. The maximum atomic E-state index is 10.2. The number of pyridine rings is 1. The molecule has 7 heteroatoms. The number of aliphatic hydroxyl groups is 1. The summed E-state index contributed by atoms with van der Waals surface area (Å²) in [5.74, 6) is 0.587. The van der Waals surface area contributed by atoms with Crippen molar-refractivity contribution < 1.29 is 10.2 Å². The minimum atomic E-state index is -0.383. The van der Waals surface area contributed by atoms with Gasteiger partial charge in [-0.15, -0.1) is 10.2 Å². The van der Waals surface area contributed by atoms with Crippen LogP contribution in [0, 0.1) is 0 Å². The predicted octanol–water partition coefficient (Wildman–Crippen LogP) is 3.77. The molecule has 2 heterocycles. The van der Waals surface area contributed by atoms with E-state index in [-0.39, 0.29) is 17.9 Å². The molecular weight excluding hydrogens is 352 g/mol. The van der Waals surface area contributed by atoms with Gasteiger partial charge in [0.15, 0.2) is 5.82 Å². The Labute approximate surface area is 155 Å². The van der Waals surface area contributed by atoms with Crippen LogP contribution >= 0.6 is 11.6 Å². The van der Waals surface area contributed by atoms with Crippen molar-refractivity contribution in [2.75, 3.05) is 5.32 Å². The van der Waals surface area contributed by atoms with E-state index in [1.54, 1.807) is 0 Å². The molecule has 26 heavy (non-hydrogen) atoms. The molecule has 4 rings (SSSR count). The van der Waals surface area contributed by atoms with Gasteiger partial charge in [-0.3, -0.25) is 0 Å². The molecule has 2 atom stereocenters. The third kappa shape index (κ3) is 3.18. The highest BCUT2D eigenvalue weighted by Crippen LogP contribution is 2.34. The average molecular weight is 371 g/mol. The Hall–Kier alpha value is -2.44. The summed E-state index contributed by atoms with van der Waals surface area (Å²) in [7, 11) is 0. The van der Waals surface area contributed by atoms with Gasteiger partial charge < -0.3 is 15.5 Å². The van der Waals surface area contributed by atoms with Gasteiger partial charge in [0.1, 0.15) is 17.1 Å². The first-order valence-electron chi connectivity index (χ1n) is 8.68. The lowest BCUT2D eigenvalue weighted by atomic mass is 9.92. The Morgan fingerprint density at radius 1 is 1.04 bits per heavy atom. The number of aromatic nitrogens is 3. The van der Waals surface area contributed by atoms with Gasteiger partial charge in [0.05, 0.1) is 17.2 Å². The molecule has 134 valence electrons. The van der Waals surface area contributed by atoms with E-state index in [0.29, 0.717) is 22.2 Å². The summed E-state index contributed by atoms with van der Waals surface area (Å²) in [6.45, 7) is 0. The highest BCUT2D eigenvalue weighted by molar-refractivity contribution is 6.30. The molecule has 0 aliphatic heterocycles.